The van der Waals surface area contributed by atoms with Crippen molar-refractivity contribution in [1.29, 1.82) is 0 Å². The smallest absolute Gasteiger partial charge is 0.0716 e. The van der Waals surface area contributed by atoms with Crippen molar-refractivity contribution in [3.05, 3.63) is 121 Å². The zero-order chi connectivity index (χ0) is 22.9. The zero-order valence-corrected chi connectivity index (χ0v) is 20.0. The molecule has 0 heterocycles. The van der Waals surface area contributed by atoms with Gasteiger partial charge in [0.1, 0.15) is 0 Å². The molecule has 4 aromatic carbocycles. The van der Waals surface area contributed by atoms with Crippen LogP contribution in [-0.4, -0.2) is 27.4 Å². The van der Waals surface area contributed by atoms with E-state index in [4.69, 9.17) is 9.47 Å². The highest BCUT2D eigenvalue weighted by atomic mass is 31.1. The lowest BCUT2D eigenvalue weighted by Gasteiger charge is -2.24. The molecule has 33 heavy (non-hydrogen) atoms. The van der Waals surface area contributed by atoms with Gasteiger partial charge in [0.25, 0.3) is 0 Å². The van der Waals surface area contributed by atoms with Gasteiger partial charge in [0.05, 0.1) is 13.2 Å². The van der Waals surface area contributed by atoms with Gasteiger partial charge in [-0.25, -0.2) is 0 Å². The quantitative estimate of drug-likeness (QED) is 0.299. The minimum Gasteiger partial charge on any atom is -0.381 e. The molecule has 3 heteroatoms. The third-order valence-electron chi connectivity index (χ3n) is 5.53. The third kappa shape index (κ3) is 5.49. The number of hydrogen-bond donors (Lipinski definition) is 0. The summed E-state index contributed by atoms with van der Waals surface area (Å²) >= 11 is 0. The average molecular weight is 453 g/mol. The van der Waals surface area contributed by atoms with E-state index in [1.165, 1.54) is 32.6 Å². The van der Waals surface area contributed by atoms with Gasteiger partial charge in [0, 0.05) is 14.2 Å². The van der Waals surface area contributed by atoms with Gasteiger partial charge in [0.2, 0.25) is 0 Å². The Morgan fingerprint density at radius 2 is 1.18 bits per heavy atom. The standard InChI is InChI=1S/C30H29O2P/c1-31-22-21-24(23-32-2)27-17-9-10-18-28(27)29-19-11-12-20-30(29)33(25-13-5-3-6-14-25)26-15-7-4-8-16-26/h3-21H,22-23H2,1-2H3/b24-21+. The van der Waals surface area contributed by atoms with Gasteiger partial charge in [-0.2, -0.15) is 0 Å². The van der Waals surface area contributed by atoms with Crippen LogP contribution in [0.4, 0.5) is 0 Å². The maximum atomic E-state index is 5.54. The van der Waals surface area contributed by atoms with E-state index >= 15 is 0 Å². The molecule has 0 atom stereocenters. The fraction of sp³-hybridized carbons (Fsp3) is 0.133. The highest BCUT2D eigenvalue weighted by molar-refractivity contribution is 7.80. The molecule has 0 saturated heterocycles. The first-order valence-electron chi connectivity index (χ1n) is 11.1. The predicted molar refractivity (Wildman–Crippen MR) is 142 cm³/mol. The van der Waals surface area contributed by atoms with Crippen LogP contribution in [0.5, 0.6) is 0 Å². The Labute approximate surface area is 198 Å². The Balaban J connectivity index is 1.91. The lowest BCUT2D eigenvalue weighted by atomic mass is 9.94. The van der Waals surface area contributed by atoms with Crippen LogP contribution >= 0.6 is 7.92 Å². The van der Waals surface area contributed by atoms with E-state index < -0.39 is 7.92 Å². The van der Waals surface area contributed by atoms with Gasteiger partial charge in [0.15, 0.2) is 0 Å². The van der Waals surface area contributed by atoms with Crippen LogP contribution in [0.3, 0.4) is 0 Å². The molecule has 2 nitrogen and oxygen atoms in total. The number of ether oxygens (including phenoxy) is 2. The van der Waals surface area contributed by atoms with Crippen molar-refractivity contribution in [2.24, 2.45) is 0 Å². The Kier molecular flexibility index (Phi) is 8.22. The van der Waals surface area contributed by atoms with Crippen molar-refractivity contribution in [2.75, 3.05) is 27.4 Å². The molecule has 0 aromatic heterocycles. The first kappa shape index (κ1) is 23.1. The number of methoxy groups -OCH3 is 2. The fourth-order valence-corrected chi connectivity index (χ4v) is 6.53. The Hall–Kier alpha value is -3.03. The van der Waals surface area contributed by atoms with E-state index in [0.29, 0.717) is 13.2 Å². The lowest BCUT2D eigenvalue weighted by Crippen LogP contribution is -2.22. The molecular formula is C30H29O2P. The van der Waals surface area contributed by atoms with Crippen LogP contribution in [0.15, 0.2) is 115 Å². The van der Waals surface area contributed by atoms with Crippen LogP contribution in [-0.2, 0) is 9.47 Å². The molecular weight excluding hydrogens is 423 g/mol. The van der Waals surface area contributed by atoms with Crippen molar-refractivity contribution in [2.45, 2.75) is 0 Å². The molecule has 166 valence electrons. The number of hydrogen-bond acceptors (Lipinski definition) is 2. The highest BCUT2D eigenvalue weighted by Crippen LogP contribution is 2.38. The topological polar surface area (TPSA) is 18.5 Å². The van der Waals surface area contributed by atoms with Crippen molar-refractivity contribution >= 4 is 29.4 Å². The van der Waals surface area contributed by atoms with Crippen molar-refractivity contribution < 1.29 is 9.47 Å². The summed E-state index contributed by atoms with van der Waals surface area (Å²) in [6.07, 6.45) is 2.11. The summed E-state index contributed by atoms with van der Waals surface area (Å²) in [5.41, 5.74) is 4.78. The summed E-state index contributed by atoms with van der Waals surface area (Å²) < 4.78 is 10.9. The Bertz CT molecular complexity index is 1150. The van der Waals surface area contributed by atoms with Crippen LogP contribution in [0.1, 0.15) is 5.56 Å². The van der Waals surface area contributed by atoms with Crippen molar-refractivity contribution in [3.8, 4) is 11.1 Å². The van der Waals surface area contributed by atoms with Gasteiger partial charge in [-0.1, -0.05) is 115 Å². The molecule has 0 fully saturated rings. The fourth-order valence-electron chi connectivity index (χ4n) is 4.06. The minimum absolute atomic E-state index is 0.536. The van der Waals surface area contributed by atoms with E-state index in [1.807, 2.05) is 0 Å². The minimum atomic E-state index is -0.716. The van der Waals surface area contributed by atoms with Crippen LogP contribution in [0.25, 0.3) is 16.7 Å². The molecule has 0 bridgehead atoms. The molecule has 0 spiro atoms. The molecule has 0 saturated carbocycles. The summed E-state index contributed by atoms with van der Waals surface area (Å²) in [5, 5.41) is 4.03. The normalized spacial score (nSPS) is 11.7. The number of benzene rings is 4. The van der Waals surface area contributed by atoms with E-state index in [1.54, 1.807) is 14.2 Å². The van der Waals surface area contributed by atoms with Crippen LogP contribution in [0.2, 0.25) is 0 Å². The van der Waals surface area contributed by atoms with Crippen molar-refractivity contribution in [1.82, 2.24) is 0 Å². The Morgan fingerprint density at radius 1 is 0.636 bits per heavy atom. The molecule has 0 aliphatic heterocycles. The van der Waals surface area contributed by atoms with Crippen LogP contribution in [0, 0.1) is 0 Å². The first-order valence-corrected chi connectivity index (χ1v) is 12.4. The molecule has 0 unspecified atom stereocenters. The van der Waals surface area contributed by atoms with E-state index in [9.17, 15) is 0 Å². The Morgan fingerprint density at radius 3 is 1.79 bits per heavy atom. The maximum Gasteiger partial charge on any atom is 0.0716 e. The summed E-state index contributed by atoms with van der Waals surface area (Å²) in [7, 11) is 2.74. The van der Waals surface area contributed by atoms with Crippen LogP contribution < -0.4 is 15.9 Å². The van der Waals surface area contributed by atoms with Crippen molar-refractivity contribution in [3.63, 3.8) is 0 Å². The van der Waals surface area contributed by atoms with Gasteiger partial charge in [-0.15, -0.1) is 0 Å². The highest BCUT2D eigenvalue weighted by Gasteiger charge is 2.21. The second-order valence-electron chi connectivity index (χ2n) is 7.69. The largest absolute Gasteiger partial charge is 0.381 e. The predicted octanol–water partition coefficient (Wildman–Crippen LogP) is 5.79. The van der Waals surface area contributed by atoms with Gasteiger partial charge >= 0.3 is 0 Å². The van der Waals surface area contributed by atoms with Gasteiger partial charge in [-0.3, -0.25) is 0 Å². The molecule has 0 radical (unpaired) electrons. The summed E-state index contributed by atoms with van der Waals surface area (Å²) in [6.45, 7) is 1.09. The van der Waals surface area contributed by atoms with E-state index in [0.717, 1.165) is 5.57 Å². The molecule has 4 rings (SSSR count). The first-order chi connectivity index (χ1) is 16.3. The SMILES string of the molecule is COC/C=C(\COC)c1ccccc1-c1ccccc1P(c1ccccc1)c1ccccc1. The summed E-state index contributed by atoms with van der Waals surface area (Å²) in [6, 6.07) is 39.1. The molecule has 0 aliphatic carbocycles. The van der Waals surface area contributed by atoms with E-state index in [-0.39, 0.29) is 0 Å². The third-order valence-corrected chi connectivity index (χ3v) is 8.03. The van der Waals surface area contributed by atoms with Gasteiger partial charge < -0.3 is 9.47 Å². The molecule has 4 aromatic rings. The molecule has 0 N–H and O–H groups in total. The van der Waals surface area contributed by atoms with Gasteiger partial charge in [-0.05, 0) is 46.1 Å². The average Bonchev–Trinajstić information content (AvgIpc) is 2.88. The molecule has 0 amide bonds. The monoisotopic (exact) mass is 452 g/mol. The summed E-state index contributed by atoms with van der Waals surface area (Å²) in [5.74, 6) is 0. The summed E-state index contributed by atoms with van der Waals surface area (Å²) in [4.78, 5) is 0. The lowest BCUT2D eigenvalue weighted by molar-refractivity contribution is 0.227. The number of rotatable bonds is 9. The second-order valence-corrected chi connectivity index (χ2v) is 9.87. The zero-order valence-electron chi connectivity index (χ0n) is 19.1. The molecule has 0 aliphatic rings. The maximum absolute atomic E-state index is 5.54. The second kappa shape index (κ2) is 11.7. The van der Waals surface area contributed by atoms with E-state index in [2.05, 4.69) is 115 Å².